The molecule has 5 nitrogen and oxygen atoms in total. The van der Waals surface area contributed by atoms with Gasteiger partial charge in [0.05, 0.1) is 13.2 Å². The van der Waals surface area contributed by atoms with E-state index in [1.165, 1.54) is 7.11 Å². The number of carbonyl (C=O) groups excluding carboxylic acids is 1. The molecule has 2 aromatic rings. The highest BCUT2D eigenvalue weighted by Crippen LogP contribution is 2.46. The van der Waals surface area contributed by atoms with Gasteiger partial charge in [0.25, 0.3) is 0 Å². The molecule has 3 fully saturated rings. The van der Waals surface area contributed by atoms with E-state index in [2.05, 4.69) is 24.1 Å². The second-order valence-corrected chi connectivity index (χ2v) is 10.2. The number of benzene rings is 2. The largest absolute Gasteiger partial charge is 0.494 e. The van der Waals surface area contributed by atoms with Crippen molar-refractivity contribution in [2.45, 2.75) is 45.3 Å². The number of alkyl carbamates (subject to hydrolysis) is 1. The highest BCUT2D eigenvalue weighted by atomic mass is 19.1. The lowest BCUT2D eigenvalue weighted by Crippen LogP contribution is -2.53. The summed E-state index contributed by atoms with van der Waals surface area (Å²) in [6, 6.07) is 7.58. The van der Waals surface area contributed by atoms with Gasteiger partial charge in [0.2, 0.25) is 0 Å². The van der Waals surface area contributed by atoms with Crippen LogP contribution >= 0.6 is 0 Å². The van der Waals surface area contributed by atoms with E-state index in [1.54, 1.807) is 6.07 Å². The van der Waals surface area contributed by atoms with Crippen LogP contribution in [0.25, 0.3) is 11.1 Å². The molecular weight excluding hydrogens is 426 g/mol. The zero-order valence-corrected chi connectivity index (χ0v) is 19.3. The summed E-state index contributed by atoms with van der Waals surface area (Å²) in [5.74, 6) is -0.817. The van der Waals surface area contributed by atoms with Crippen LogP contribution in [-0.2, 0) is 11.2 Å². The van der Waals surface area contributed by atoms with Crippen molar-refractivity contribution in [3.05, 3.63) is 53.1 Å². The molecule has 2 atom stereocenters. The van der Waals surface area contributed by atoms with Crippen molar-refractivity contribution in [3.8, 4) is 16.9 Å². The molecule has 1 N–H and O–H groups in total. The van der Waals surface area contributed by atoms with Crippen LogP contribution in [0, 0.1) is 23.0 Å². The number of hydrogen-bond donors (Lipinski definition) is 1. The lowest BCUT2D eigenvalue weighted by atomic mass is 9.85. The topological polar surface area (TPSA) is 50.8 Å². The van der Waals surface area contributed by atoms with E-state index in [1.807, 2.05) is 12.1 Å². The highest BCUT2D eigenvalue weighted by molar-refractivity contribution is 5.70. The molecule has 1 amide bonds. The molecule has 7 heteroatoms. The van der Waals surface area contributed by atoms with Crippen LogP contribution in [0.3, 0.4) is 0 Å². The predicted octanol–water partition coefficient (Wildman–Crippen LogP) is 5.08. The fourth-order valence-electron chi connectivity index (χ4n) is 5.73. The first-order valence-corrected chi connectivity index (χ1v) is 11.6. The standard InChI is InChI=1S/C26H30F2N2O3/c1-26(2)13-17-10-16(19-11-21(28)22(32-3)12-20(19)27)4-5-18(17)24(26)29-25(31)33-23-14-30-8-6-15(23)7-9-30/h4-5,10-12,15,23-24H,6-9,13-14H2,1-3H3,(H,29,31)/t23-,24?/m1/s1. The molecule has 1 unspecified atom stereocenters. The van der Waals surface area contributed by atoms with E-state index in [0.29, 0.717) is 17.9 Å². The van der Waals surface area contributed by atoms with Gasteiger partial charge >= 0.3 is 6.09 Å². The van der Waals surface area contributed by atoms with Crippen LogP contribution in [0.2, 0.25) is 0 Å². The Morgan fingerprint density at radius 1 is 1.12 bits per heavy atom. The Kier molecular flexibility index (Phi) is 5.55. The van der Waals surface area contributed by atoms with Gasteiger partial charge in [-0.3, -0.25) is 4.90 Å². The van der Waals surface area contributed by atoms with Crippen LogP contribution in [0.1, 0.15) is 43.9 Å². The van der Waals surface area contributed by atoms with Crippen molar-refractivity contribution in [1.82, 2.24) is 10.2 Å². The minimum Gasteiger partial charge on any atom is -0.494 e. The number of fused-ring (bicyclic) bond motifs is 4. The number of ether oxygens (including phenoxy) is 2. The van der Waals surface area contributed by atoms with Gasteiger partial charge in [-0.25, -0.2) is 13.6 Å². The van der Waals surface area contributed by atoms with Crippen molar-refractivity contribution in [1.29, 1.82) is 0 Å². The zero-order chi connectivity index (χ0) is 23.3. The Labute approximate surface area is 193 Å². The van der Waals surface area contributed by atoms with Gasteiger partial charge < -0.3 is 14.8 Å². The monoisotopic (exact) mass is 456 g/mol. The molecule has 3 heterocycles. The molecular formula is C26H30F2N2O3. The smallest absolute Gasteiger partial charge is 0.407 e. The third kappa shape index (κ3) is 4.07. The van der Waals surface area contributed by atoms with Gasteiger partial charge in [-0.05, 0) is 66.4 Å². The molecule has 0 spiro atoms. The number of methoxy groups -OCH3 is 1. The summed E-state index contributed by atoms with van der Waals surface area (Å²) in [5, 5.41) is 3.10. The summed E-state index contributed by atoms with van der Waals surface area (Å²) in [6.07, 6.45) is 2.45. The first-order chi connectivity index (χ1) is 15.7. The Balaban J connectivity index is 1.35. The molecule has 4 aliphatic rings. The number of carbonyl (C=O) groups is 1. The van der Waals surface area contributed by atoms with Gasteiger partial charge in [-0.15, -0.1) is 0 Å². The summed E-state index contributed by atoms with van der Waals surface area (Å²) in [6.45, 7) is 7.20. The maximum absolute atomic E-state index is 14.6. The summed E-state index contributed by atoms with van der Waals surface area (Å²) in [5.41, 5.74) is 2.55. The third-order valence-corrected chi connectivity index (χ3v) is 7.55. The molecule has 0 aromatic heterocycles. The Morgan fingerprint density at radius 3 is 2.55 bits per heavy atom. The Hall–Kier alpha value is -2.67. The lowest BCUT2D eigenvalue weighted by Gasteiger charge is -2.44. The summed E-state index contributed by atoms with van der Waals surface area (Å²) in [7, 11) is 1.31. The van der Waals surface area contributed by atoms with Gasteiger partial charge in [0.15, 0.2) is 11.6 Å². The number of nitrogens with zero attached hydrogens (tertiary/aromatic N) is 1. The van der Waals surface area contributed by atoms with E-state index in [0.717, 1.165) is 55.7 Å². The van der Waals surface area contributed by atoms with E-state index < -0.39 is 11.6 Å². The average Bonchev–Trinajstić information content (AvgIpc) is 3.04. The van der Waals surface area contributed by atoms with E-state index >= 15 is 0 Å². The Bertz CT molecular complexity index is 1080. The van der Waals surface area contributed by atoms with Crippen molar-refractivity contribution in [2.24, 2.45) is 11.3 Å². The number of halogens is 2. The number of rotatable bonds is 4. The van der Waals surface area contributed by atoms with Crippen LogP contribution < -0.4 is 10.1 Å². The maximum atomic E-state index is 14.6. The van der Waals surface area contributed by atoms with Crippen LogP contribution in [0.4, 0.5) is 13.6 Å². The second-order valence-electron chi connectivity index (χ2n) is 10.2. The van der Waals surface area contributed by atoms with E-state index in [4.69, 9.17) is 9.47 Å². The molecule has 3 saturated heterocycles. The number of hydrogen-bond acceptors (Lipinski definition) is 4. The number of amides is 1. The predicted molar refractivity (Wildman–Crippen MR) is 121 cm³/mol. The zero-order valence-electron chi connectivity index (χ0n) is 19.3. The summed E-state index contributed by atoms with van der Waals surface area (Å²) in [4.78, 5) is 15.2. The molecule has 0 saturated carbocycles. The first kappa shape index (κ1) is 22.1. The van der Waals surface area contributed by atoms with Gasteiger partial charge in [-0.1, -0.05) is 32.0 Å². The molecule has 6 rings (SSSR count). The quantitative estimate of drug-likeness (QED) is 0.697. The molecule has 176 valence electrons. The highest BCUT2D eigenvalue weighted by Gasteiger charge is 2.42. The second kappa shape index (κ2) is 8.28. The first-order valence-electron chi connectivity index (χ1n) is 11.6. The molecule has 1 aliphatic carbocycles. The summed E-state index contributed by atoms with van der Waals surface area (Å²) < 4.78 is 39.5. The third-order valence-electron chi connectivity index (χ3n) is 7.55. The molecule has 33 heavy (non-hydrogen) atoms. The molecule has 2 bridgehead atoms. The minimum absolute atomic E-state index is 0.0493. The minimum atomic E-state index is -0.607. The Morgan fingerprint density at radius 2 is 1.88 bits per heavy atom. The fourth-order valence-corrected chi connectivity index (χ4v) is 5.73. The average molecular weight is 457 g/mol. The normalized spacial score (nSPS) is 27.2. The van der Waals surface area contributed by atoms with Crippen LogP contribution in [-0.4, -0.2) is 43.8 Å². The van der Waals surface area contributed by atoms with Crippen LogP contribution in [0.15, 0.2) is 30.3 Å². The summed E-state index contributed by atoms with van der Waals surface area (Å²) >= 11 is 0. The van der Waals surface area contributed by atoms with Gasteiger partial charge in [-0.2, -0.15) is 0 Å². The van der Waals surface area contributed by atoms with Crippen molar-refractivity contribution in [3.63, 3.8) is 0 Å². The molecule has 0 radical (unpaired) electrons. The van der Waals surface area contributed by atoms with Crippen molar-refractivity contribution < 1.29 is 23.0 Å². The van der Waals surface area contributed by atoms with E-state index in [-0.39, 0.29) is 35.0 Å². The van der Waals surface area contributed by atoms with Crippen molar-refractivity contribution >= 4 is 6.09 Å². The SMILES string of the molecule is COc1cc(F)c(-c2ccc3c(c2)CC(C)(C)C3NC(=O)O[C@@H]2CN3CCC2CC3)cc1F. The maximum Gasteiger partial charge on any atom is 0.407 e. The van der Waals surface area contributed by atoms with E-state index in [9.17, 15) is 13.6 Å². The van der Waals surface area contributed by atoms with Gasteiger partial charge in [0.1, 0.15) is 11.9 Å². The lowest BCUT2D eigenvalue weighted by molar-refractivity contribution is -0.0348. The van der Waals surface area contributed by atoms with Gasteiger partial charge in [0, 0.05) is 18.2 Å². The number of nitrogens with one attached hydrogen (secondary N) is 1. The fraction of sp³-hybridized carbons (Fsp3) is 0.500. The van der Waals surface area contributed by atoms with Crippen molar-refractivity contribution in [2.75, 3.05) is 26.7 Å². The number of piperidine rings is 3. The molecule has 2 aromatic carbocycles. The van der Waals surface area contributed by atoms with Crippen LogP contribution in [0.5, 0.6) is 5.75 Å². The molecule has 3 aliphatic heterocycles.